The summed E-state index contributed by atoms with van der Waals surface area (Å²) in [6.45, 7) is 3.42. The molecule has 0 radical (unpaired) electrons. The Kier molecular flexibility index (Phi) is 6.99. The quantitative estimate of drug-likeness (QED) is 0.473. The van der Waals surface area contributed by atoms with E-state index in [0.29, 0.717) is 42.8 Å². The standard InChI is InChI=1S/C24H26ClF4N7O/c1-35-7-4-17(26)19(35)12-37-23-32-18-11-13(21-15(24(27,28)29)2-3-20(30)33-21)16(25)10-14(18)22(34-23)36-8-5-31-6-9-36/h2-3,10-11,17,19,31H,4-9,12H2,1H3,(H2,30,33)/t17-,19+/m0/s1. The number of likely N-dealkylation sites (tertiary alicyclic amines) is 1. The second kappa shape index (κ2) is 10.1. The molecule has 2 fully saturated rings. The number of pyridine rings is 1. The molecule has 2 aliphatic heterocycles. The van der Waals surface area contributed by atoms with Gasteiger partial charge in [-0.2, -0.15) is 23.1 Å². The number of anilines is 2. The lowest BCUT2D eigenvalue weighted by Gasteiger charge is -2.29. The van der Waals surface area contributed by atoms with Gasteiger partial charge in [0, 0.05) is 43.7 Å². The number of aromatic nitrogens is 3. The van der Waals surface area contributed by atoms with E-state index in [9.17, 15) is 17.6 Å². The van der Waals surface area contributed by atoms with E-state index in [1.54, 1.807) is 6.07 Å². The second-order valence-electron chi connectivity index (χ2n) is 9.21. The van der Waals surface area contributed by atoms with Gasteiger partial charge in [-0.15, -0.1) is 0 Å². The third-order valence-corrected chi connectivity index (χ3v) is 7.07. The summed E-state index contributed by atoms with van der Waals surface area (Å²) in [6, 6.07) is 4.53. The molecule has 0 bridgehead atoms. The predicted molar refractivity (Wildman–Crippen MR) is 134 cm³/mol. The van der Waals surface area contributed by atoms with Gasteiger partial charge < -0.3 is 20.7 Å². The average molecular weight is 540 g/mol. The lowest BCUT2D eigenvalue weighted by molar-refractivity contribution is -0.137. The van der Waals surface area contributed by atoms with Gasteiger partial charge in [0.15, 0.2) is 0 Å². The summed E-state index contributed by atoms with van der Waals surface area (Å²) in [6.07, 6.45) is -5.28. The molecule has 2 aromatic heterocycles. The number of hydrogen-bond donors (Lipinski definition) is 2. The third kappa shape index (κ3) is 5.23. The van der Waals surface area contributed by atoms with Gasteiger partial charge in [-0.3, -0.25) is 4.90 Å². The Morgan fingerprint density at radius 2 is 1.89 bits per heavy atom. The van der Waals surface area contributed by atoms with Crippen LogP contribution >= 0.6 is 11.6 Å². The van der Waals surface area contributed by atoms with Gasteiger partial charge in [0.25, 0.3) is 0 Å². The molecule has 4 heterocycles. The molecule has 0 amide bonds. The number of hydrogen-bond acceptors (Lipinski definition) is 8. The summed E-state index contributed by atoms with van der Waals surface area (Å²) in [5, 5.41) is 3.88. The number of ether oxygens (including phenoxy) is 1. The maximum absolute atomic E-state index is 14.3. The summed E-state index contributed by atoms with van der Waals surface area (Å²) in [5.41, 5.74) is 4.73. The average Bonchev–Trinajstić information content (AvgIpc) is 3.18. The van der Waals surface area contributed by atoms with Crippen LogP contribution in [0.3, 0.4) is 0 Å². The van der Waals surface area contributed by atoms with Crippen LogP contribution < -0.4 is 20.7 Å². The number of alkyl halides is 4. The maximum atomic E-state index is 14.3. The Bertz CT molecular complexity index is 1290. The first-order chi connectivity index (χ1) is 17.6. The number of nitrogen functional groups attached to an aromatic ring is 1. The fourth-order valence-corrected chi connectivity index (χ4v) is 4.99. The van der Waals surface area contributed by atoms with E-state index < -0.39 is 29.6 Å². The van der Waals surface area contributed by atoms with Crippen molar-refractivity contribution in [3.63, 3.8) is 0 Å². The van der Waals surface area contributed by atoms with Crippen LogP contribution in [-0.2, 0) is 6.18 Å². The van der Waals surface area contributed by atoms with Gasteiger partial charge in [-0.1, -0.05) is 11.6 Å². The van der Waals surface area contributed by atoms with Crippen molar-refractivity contribution >= 4 is 34.1 Å². The van der Waals surface area contributed by atoms with Gasteiger partial charge in [0.05, 0.1) is 27.8 Å². The maximum Gasteiger partial charge on any atom is 0.418 e. The van der Waals surface area contributed by atoms with E-state index in [2.05, 4.69) is 20.3 Å². The number of nitrogens with zero attached hydrogens (tertiary/aromatic N) is 5. The molecule has 13 heteroatoms. The number of nitrogens with one attached hydrogen (secondary N) is 1. The smallest absolute Gasteiger partial charge is 0.418 e. The van der Waals surface area contributed by atoms with Crippen molar-refractivity contribution in [2.45, 2.75) is 24.8 Å². The highest BCUT2D eigenvalue weighted by atomic mass is 35.5. The minimum atomic E-state index is -4.67. The second-order valence-corrected chi connectivity index (χ2v) is 9.62. The molecular formula is C24H26ClF4N7O. The highest BCUT2D eigenvalue weighted by molar-refractivity contribution is 6.34. The molecule has 0 aliphatic carbocycles. The number of piperazine rings is 1. The Morgan fingerprint density at radius 1 is 1.14 bits per heavy atom. The zero-order chi connectivity index (χ0) is 26.3. The molecular weight excluding hydrogens is 514 g/mol. The lowest BCUT2D eigenvalue weighted by Crippen LogP contribution is -2.44. The molecule has 2 aliphatic rings. The van der Waals surface area contributed by atoms with Crippen molar-refractivity contribution < 1.29 is 22.3 Å². The molecule has 37 heavy (non-hydrogen) atoms. The van der Waals surface area contributed by atoms with Crippen LogP contribution in [0.25, 0.3) is 22.2 Å². The molecule has 198 valence electrons. The number of fused-ring (bicyclic) bond motifs is 1. The minimum absolute atomic E-state index is 0.0124. The fourth-order valence-electron chi connectivity index (χ4n) is 4.74. The summed E-state index contributed by atoms with van der Waals surface area (Å²) in [4.78, 5) is 16.9. The number of nitrogens with two attached hydrogens (primary N) is 1. The molecule has 2 saturated heterocycles. The molecule has 0 saturated carbocycles. The predicted octanol–water partition coefficient (Wildman–Crippen LogP) is 3.78. The molecule has 5 rings (SSSR count). The SMILES string of the molecule is CN1CC[C@H](F)[C@H]1COc1nc(N2CCNCC2)c2cc(Cl)c(-c3nc(N)ccc3C(F)(F)F)cc2n1. The van der Waals surface area contributed by atoms with Crippen molar-refractivity contribution in [2.75, 3.05) is 57.0 Å². The zero-order valence-corrected chi connectivity index (χ0v) is 20.8. The molecule has 3 aromatic rings. The van der Waals surface area contributed by atoms with Crippen LogP contribution in [-0.4, -0.2) is 78.4 Å². The number of likely N-dealkylation sites (N-methyl/N-ethyl adjacent to an activating group) is 1. The topological polar surface area (TPSA) is 92.4 Å². The Hall–Kier alpha value is -2.96. The fraction of sp³-hybridized carbons (Fsp3) is 0.458. The molecule has 3 N–H and O–H groups in total. The van der Waals surface area contributed by atoms with Gasteiger partial charge >= 0.3 is 12.2 Å². The van der Waals surface area contributed by atoms with Gasteiger partial charge in [0.1, 0.15) is 24.4 Å². The first kappa shape index (κ1) is 25.7. The first-order valence-electron chi connectivity index (χ1n) is 11.9. The van der Waals surface area contributed by atoms with Gasteiger partial charge in [-0.05, 0) is 37.7 Å². The van der Waals surface area contributed by atoms with E-state index >= 15 is 0 Å². The van der Waals surface area contributed by atoms with Crippen molar-refractivity contribution in [2.24, 2.45) is 0 Å². The summed E-state index contributed by atoms with van der Waals surface area (Å²) < 4.78 is 61.5. The number of halogens is 5. The first-order valence-corrected chi connectivity index (χ1v) is 12.3. The summed E-state index contributed by atoms with van der Waals surface area (Å²) >= 11 is 6.53. The van der Waals surface area contributed by atoms with Gasteiger partial charge in [0.2, 0.25) is 0 Å². The Labute approximate surface area is 215 Å². The highest BCUT2D eigenvalue weighted by Gasteiger charge is 2.36. The lowest BCUT2D eigenvalue weighted by atomic mass is 10.0. The van der Waals surface area contributed by atoms with Crippen LogP contribution in [0.1, 0.15) is 12.0 Å². The van der Waals surface area contributed by atoms with Crippen molar-refractivity contribution in [3.8, 4) is 17.3 Å². The zero-order valence-electron chi connectivity index (χ0n) is 20.0. The summed E-state index contributed by atoms with van der Waals surface area (Å²) in [5.74, 6) is 0.469. The number of rotatable bonds is 5. The van der Waals surface area contributed by atoms with Crippen molar-refractivity contribution in [1.29, 1.82) is 0 Å². The van der Waals surface area contributed by atoms with E-state index in [4.69, 9.17) is 22.1 Å². The van der Waals surface area contributed by atoms with Crippen molar-refractivity contribution in [3.05, 3.63) is 34.9 Å². The Balaban J connectivity index is 1.61. The molecule has 0 spiro atoms. The molecule has 2 atom stereocenters. The van der Waals surface area contributed by atoms with Crippen molar-refractivity contribution in [1.82, 2.24) is 25.2 Å². The van der Waals surface area contributed by atoms with E-state index in [0.717, 1.165) is 25.2 Å². The van der Waals surface area contributed by atoms with E-state index in [-0.39, 0.29) is 29.0 Å². The highest BCUT2D eigenvalue weighted by Crippen LogP contribution is 2.41. The Morgan fingerprint density at radius 3 is 2.57 bits per heavy atom. The van der Waals surface area contributed by atoms with Crippen LogP contribution in [0, 0.1) is 0 Å². The molecule has 1 aromatic carbocycles. The van der Waals surface area contributed by atoms with E-state index in [1.807, 2.05) is 16.8 Å². The monoisotopic (exact) mass is 539 g/mol. The van der Waals surface area contributed by atoms with Crippen LogP contribution in [0.15, 0.2) is 24.3 Å². The summed E-state index contributed by atoms with van der Waals surface area (Å²) in [7, 11) is 1.83. The largest absolute Gasteiger partial charge is 0.462 e. The van der Waals surface area contributed by atoms with Crippen LogP contribution in [0.5, 0.6) is 6.01 Å². The molecule has 0 unspecified atom stereocenters. The van der Waals surface area contributed by atoms with Crippen LogP contribution in [0.2, 0.25) is 5.02 Å². The molecule has 8 nitrogen and oxygen atoms in total. The normalized spacial score (nSPS) is 21.1. The number of benzene rings is 1. The van der Waals surface area contributed by atoms with Crippen LogP contribution in [0.4, 0.5) is 29.2 Å². The van der Waals surface area contributed by atoms with Gasteiger partial charge in [-0.25, -0.2) is 9.37 Å². The minimum Gasteiger partial charge on any atom is -0.462 e. The van der Waals surface area contributed by atoms with E-state index in [1.165, 1.54) is 6.07 Å². The third-order valence-electron chi connectivity index (χ3n) is 6.76.